The molecule has 0 aromatic heterocycles. The van der Waals surface area contributed by atoms with Crippen molar-refractivity contribution in [2.75, 3.05) is 12.4 Å². The van der Waals surface area contributed by atoms with Crippen molar-refractivity contribution in [3.63, 3.8) is 0 Å². The average Bonchev–Trinajstić information content (AvgIpc) is 2.22. The second-order valence-corrected chi connectivity index (χ2v) is 5.07. The molecule has 0 spiro atoms. The zero-order valence-electron chi connectivity index (χ0n) is 8.68. The van der Waals surface area contributed by atoms with Gasteiger partial charge in [-0.2, -0.15) is 0 Å². The molecule has 3 unspecified atom stereocenters. The summed E-state index contributed by atoms with van der Waals surface area (Å²) in [5, 5.41) is 5.37. The number of ether oxygens (including phenoxy) is 1. The van der Waals surface area contributed by atoms with Crippen molar-refractivity contribution in [2.24, 2.45) is 11.1 Å². The van der Waals surface area contributed by atoms with Gasteiger partial charge in [-0.25, -0.2) is 4.21 Å². The van der Waals surface area contributed by atoms with Crippen LogP contribution in [0.15, 0.2) is 24.3 Å². The van der Waals surface area contributed by atoms with E-state index in [2.05, 4.69) is 6.92 Å². The molecule has 2 N–H and O–H groups in total. The molecule has 3 atom stereocenters. The Morgan fingerprint density at radius 2 is 2.27 bits per heavy atom. The van der Waals surface area contributed by atoms with E-state index in [1.807, 2.05) is 24.3 Å². The van der Waals surface area contributed by atoms with Crippen molar-refractivity contribution in [1.82, 2.24) is 0 Å². The van der Waals surface area contributed by atoms with Crippen LogP contribution in [0.1, 0.15) is 18.4 Å². The molecule has 82 valence electrons. The second kappa shape index (κ2) is 4.33. The maximum atomic E-state index is 11.1. The fourth-order valence-corrected chi connectivity index (χ4v) is 2.86. The maximum Gasteiger partial charge on any atom is 0.122 e. The van der Waals surface area contributed by atoms with Gasteiger partial charge in [-0.1, -0.05) is 25.1 Å². The Labute approximate surface area is 92.2 Å². The Morgan fingerprint density at radius 3 is 3.00 bits per heavy atom. The van der Waals surface area contributed by atoms with E-state index < -0.39 is 11.0 Å². The van der Waals surface area contributed by atoms with Crippen molar-refractivity contribution in [3.05, 3.63) is 29.8 Å². The van der Waals surface area contributed by atoms with Crippen molar-refractivity contribution < 1.29 is 8.95 Å². The highest BCUT2D eigenvalue weighted by Crippen LogP contribution is 2.36. The summed E-state index contributed by atoms with van der Waals surface area (Å²) in [5.41, 5.74) is 1.13. The summed E-state index contributed by atoms with van der Waals surface area (Å²) in [6, 6.07) is 7.91. The van der Waals surface area contributed by atoms with Crippen LogP contribution in [0, 0.1) is 5.92 Å². The number of nitrogens with two attached hydrogens (primary N) is 1. The van der Waals surface area contributed by atoms with Crippen molar-refractivity contribution in [2.45, 2.75) is 12.8 Å². The van der Waals surface area contributed by atoms with Crippen LogP contribution in [-0.4, -0.2) is 16.6 Å². The molecule has 1 aromatic rings. The lowest BCUT2D eigenvalue weighted by Crippen LogP contribution is -2.28. The molecule has 0 saturated carbocycles. The third kappa shape index (κ3) is 2.21. The van der Waals surface area contributed by atoms with E-state index in [1.54, 1.807) is 0 Å². The van der Waals surface area contributed by atoms with Crippen molar-refractivity contribution >= 4 is 11.0 Å². The first kappa shape index (κ1) is 10.6. The number of benzene rings is 1. The normalized spacial score (nSPS) is 26.5. The fraction of sp³-hybridized carbons (Fsp3) is 0.455. The predicted molar refractivity (Wildman–Crippen MR) is 61.0 cm³/mol. The highest BCUT2D eigenvalue weighted by atomic mass is 32.2. The zero-order chi connectivity index (χ0) is 10.8. The number of fused-ring (bicyclic) bond motifs is 1. The highest BCUT2D eigenvalue weighted by Gasteiger charge is 2.28. The van der Waals surface area contributed by atoms with Crippen LogP contribution in [0.5, 0.6) is 5.75 Å². The fourth-order valence-electron chi connectivity index (χ4n) is 1.99. The van der Waals surface area contributed by atoms with Gasteiger partial charge in [-0.3, -0.25) is 5.14 Å². The van der Waals surface area contributed by atoms with Crippen molar-refractivity contribution in [1.29, 1.82) is 0 Å². The molecule has 1 aromatic carbocycles. The van der Waals surface area contributed by atoms with E-state index in [0.717, 1.165) is 11.3 Å². The molecule has 15 heavy (non-hydrogen) atoms. The lowest BCUT2D eigenvalue weighted by molar-refractivity contribution is 0.212. The van der Waals surface area contributed by atoms with Gasteiger partial charge in [0.25, 0.3) is 0 Å². The minimum atomic E-state index is -1.25. The molecule has 1 aliphatic heterocycles. The summed E-state index contributed by atoms with van der Waals surface area (Å²) in [6.07, 6.45) is 0. The highest BCUT2D eigenvalue weighted by molar-refractivity contribution is 7.82. The third-order valence-electron chi connectivity index (χ3n) is 2.85. The second-order valence-electron chi connectivity index (χ2n) is 3.98. The number of para-hydroxylation sites is 1. The van der Waals surface area contributed by atoms with E-state index >= 15 is 0 Å². The minimum absolute atomic E-state index is 0.251. The van der Waals surface area contributed by atoms with Crippen molar-refractivity contribution in [3.8, 4) is 5.75 Å². The molecule has 1 heterocycles. The summed E-state index contributed by atoms with van der Waals surface area (Å²) in [5.74, 6) is 2.04. The van der Waals surface area contributed by atoms with Crippen LogP contribution >= 0.6 is 0 Å². The molecular weight excluding hydrogens is 210 g/mol. The van der Waals surface area contributed by atoms with Crippen LogP contribution in [0.25, 0.3) is 0 Å². The largest absolute Gasteiger partial charge is 0.493 e. The molecule has 2 rings (SSSR count). The number of hydrogen-bond acceptors (Lipinski definition) is 2. The Morgan fingerprint density at radius 1 is 1.53 bits per heavy atom. The van der Waals surface area contributed by atoms with Gasteiger partial charge in [-0.15, -0.1) is 0 Å². The van der Waals surface area contributed by atoms with E-state index in [9.17, 15) is 4.21 Å². The zero-order valence-corrected chi connectivity index (χ0v) is 9.50. The molecule has 0 aliphatic carbocycles. The number of hydrogen-bond donors (Lipinski definition) is 1. The Kier molecular flexibility index (Phi) is 3.07. The summed E-state index contributed by atoms with van der Waals surface area (Å²) in [7, 11) is -1.25. The van der Waals surface area contributed by atoms with E-state index in [0.29, 0.717) is 18.3 Å². The van der Waals surface area contributed by atoms with E-state index in [-0.39, 0.29) is 5.92 Å². The molecular formula is C11H15NO2S. The Hall–Kier alpha value is -0.870. The molecule has 0 fully saturated rings. The lowest BCUT2D eigenvalue weighted by Gasteiger charge is -2.30. The van der Waals surface area contributed by atoms with E-state index in [1.165, 1.54) is 0 Å². The standard InChI is InChI=1S/C11H15NO2S/c1-8-6-14-11-5-3-2-4-9(11)10(8)7-15(12)13/h2-5,8,10H,6-7,12H2,1H3. The van der Waals surface area contributed by atoms with E-state index in [4.69, 9.17) is 9.88 Å². The smallest absolute Gasteiger partial charge is 0.122 e. The van der Waals surface area contributed by atoms with Crippen LogP contribution in [0.3, 0.4) is 0 Å². The lowest BCUT2D eigenvalue weighted by atomic mass is 9.87. The Bertz CT molecular complexity index is 381. The summed E-state index contributed by atoms with van der Waals surface area (Å²) < 4.78 is 16.7. The molecule has 0 amide bonds. The van der Waals surface area contributed by atoms with Gasteiger partial charge in [0.05, 0.1) is 17.6 Å². The van der Waals surface area contributed by atoms with Crippen LogP contribution in [0.4, 0.5) is 0 Å². The maximum absolute atomic E-state index is 11.1. The quantitative estimate of drug-likeness (QED) is 0.827. The van der Waals surface area contributed by atoms with Gasteiger partial charge in [0, 0.05) is 11.7 Å². The molecule has 0 radical (unpaired) electrons. The van der Waals surface area contributed by atoms with Gasteiger partial charge >= 0.3 is 0 Å². The molecule has 0 bridgehead atoms. The van der Waals surface area contributed by atoms with Gasteiger partial charge in [0.2, 0.25) is 0 Å². The first-order valence-electron chi connectivity index (χ1n) is 5.03. The molecule has 4 heteroatoms. The first-order valence-corrected chi connectivity index (χ1v) is 6.41. The summed E-state index contributed by atoms with van der Waals surface area (Å²) in [4.78, 5) is 0. The Balaban J connectivity index is 2.32. The molecule has 0 saturated heterocycles. The van der Waals surface area contributed by atoms with Crippen LogP contribution in [0.2, 0.25) is 0 Å². The van der Waals surface area contributed by atoms with Gasteiger partial charge in [0.1, 0.15) is 5.75 Å². The van der Waals surface area contributed by atoms with Crippen LogP contribution in [-0.2, 0) is 11.0 Å². The summed E-state index contributed by atoms with van der Waals surface area (Å²) in [6.45, 7) is 2.78. The monoisotopic (exact) mass is 225 g/mol. The topological polar surface area (TPSA) is 52.3 Å². The third-order valence-corrected chi connectivity index (χ3v) is 3.54. The van der Waals surface area contributed by atoms with Gasteiger partial charge in [0.15, 0.2) is 0 Å². The molecule has 1 aliphatic rings. The molecule has 3 nitrogen and oxygen atoms in total. The average molecular weight is 225 g/mol. The van der Waals surface area contributed by atoms with Gasteiger partial charge in [-0.05, 0) is 17.5 Å². The predicted octanol–water partition coefficient (Wildman–Crippen LogP) is 1.42. The number of rotatable bonds is 2. The summed E-state index contributed by atoms with van der Waals surface area (Å²) >= 11 is 0. The SMILES string of the molecule is CC1COc2ccccc2C1CS(N)=O. The van der Waals surface area contributed by atoms with Crippen LogP contribution < -0.4 is 9.88 Å². The first-order chi connectivity index (χ1) is 7.18. The van der Waals surface area contributed by atoms with Gasteiger partial charge < -0.3 is 4.74 Å². The minimum Gasteiger partial charge on any atom is -0.493 e.